The molecule has 0 spiro atoms. The summed E-state index contributed by atoms with van der Waals surface area (Å²) in [7, 11) is 0. The van der Waals surface area contributed by atoms with Gasteiger partial charge in [0.25, 0.3) is 5.24 Å². The quantitative estimate of drug-likeness (QED) is 0.666. The van der Waals surface area contributed by atoms with Crippen molar-refractivity contribution in [1.29, 1.82) is 0 Å². The molecule has 31 heavy (non-hydrogen) atoms. The van der Waals surface area contributed by atoms with Gasteiger partial charge in [0, 0.05) is 17.3 Å². The fraction of sp³-hybridized carbons (Fsp3) is 0.333. The van der Waals surface area contributed by atoms with Gasteiger partial charge in [-0.2, -0.15) is 0 Å². The van der Waals surface area contributed by atoms with Gasteiger partial charge in [-0.05, 0) is 81.0 Å². The Bertz CT molecular complexity index is 1110. The van der Waals surface area contributed by atoms with Crippen LogP contribution < -0.4 is 14.8 Å². The van der Waals surface area contributed by atoms with Gasteiger partial charge in [-0.1, -0.05) is 12.1 Å². The summed E-state index contributed by atoms with van der Waals surface area (Å²) in [6, 6.07) is 7.34. The van der Waals surface area contributed by atoms with Crippen molar-refractivity contribution in [2.45, 2.75) is 46.1 Å². The summed E-state index contributed by atoms with van der Waals surface area (Å²) in [4.78, 5) is 23.0. The van der Waals surface area contributed by atoms with Crippen molar-refractivity contribution in [2.24, 2.45) is 0 Å². The molecule has 1 unspecified atom stereocenters. The van der Waals surface area contributed by atoms with Crippen LogP contribution in [0.2, 0.25) is 0 Å². The summed E-state index contributed by atoms with van der Waals surface area (Å²) in [6.45, 7) is 8.24. The van der Waals surface area contributed by atoms with E-state index in [-0.39, 0.29) is 16.1 Å². The molecule has 2 aliphatic heterocycles. The lowest BCUT2D eigenvalue weighted by molar-refractivity contribution is -0.107. The van der Waals surface area contributed by atoms with E-state index in [9.17, 15) is 14.7 Å². The van der Waals surface area contributed by atoms with Gasteiger partial charge in [-0.3, -0.25) is 9.59 Å². The third-order valence-corrected chi connectivity index (χ3v) is 6.66. The number of carbonyl (C=O) groups is 2. The molecule has 2 N–H and O–H groups in total. The first-order chi connectivity index (χ1) is 14.7. The van der Waals surface area contributed by atoms with Gasteiger partial charge >= 0.3 is 0 Å². The Morgan fingerprint density at radius 1 is 1.16 bits per heavy atom. The zero-order valence-corrected chi connectivity index (χ0v) is 18.8. The lowest BCUT2D eigenvalue weighted by Gasteiger charge is -2.37. The number of nitrogens with one attached hydrogen (secondary N) is 1. The van der Waals surface area contributed by atoms with Gasteiger partial charge in [0.05, 0.1) is 5.70 Å². The molecule has 1 fully saturated rings. The summed E-state index contributed by atoms with van der Waals surface area (Å²) in [6.07, 6.45) is 3.25. The molecule has 2 aromatic carbocycles. The first kappa shape index (κ1) is 21.3. The predicted octanol–water partition coefficient (Wildman–Crippen LogP) is 4.80. The van der Waals surface area contributed by atoms with Crippen molar-refractivity contribution in [1.82, 2.24) is 5.32 Å². The van der Waals surface area contributed by atoms with Gasteiger partial charge in [-0.25, -0.2) is 0 Å². The molecule has 0 saturated carbocycles. The zero-order valence-electron chi connectivity index (χ0n) is 18.0. The van der Waals surface area contributed by atoms with E-state index in [2.05, 4.69) is 5.32 Å². The molecule has 2 heterocycles. The number of carbonyl (C=O) groups excluding carboxylic acids is 2. The Morgan fingerprint density at radius 2 is 1.87 bits per heavy atom. The van der Waals surface area contributed by atoms with E-state index in [1.807, 2.05) is 52.0 Å². The molecule has 1 saturated heterocycles. The maximum absolute atomic E-state index is 11.7. The Morgan fingerprint density at radius 3 is 2.52 bits per heavy atom. The molecule has 0 radical (unpaired) electrons. The van der Waals surface area contributed by atoms with E-state index in [1.54, 1.807) is 6.08 Å². The third kappa shape index (κ3) is 4.14. The van der Waals surface area contributed by atoms with Crippen LogP contribution in [0.5, 0.6) is 17.2 Å². The molecular weight excluding hydrogens is 414 g/mol. The Kier molecular flexibility index (Phi) is 5.47. The van der Waals surface area contributed by atoms with E-state index in [4.69, 9.17) is 9.47 Å². The molecule has 0 aromatic heterocycles. The second-order valence-electron chi connectivity index (χ2n) is 8.30. The van der Waals surface area contributed by atoms with Crippen LogP contribution in [-0.4, -0.2) is 27.7 Å². The summed E-state index contributed by atoms with van der Waals surface area (Å²) in [5.74, 6) is 1.91. The van der Waals surface area contributed by atoms with Crippen LogP contribution in [-0.2, 0) is 11.2 Å². The molecule has 6 nitrogen and oxygen atoms in total. The second kappa shape index (κ2) is 7.96. The minimum atomic E-state index is -0.480. The first-order valence-corrected chi connectivity index (χ1v) is 11.0. The Labute approximate surface area is 185 Å². The first-order valence-electron chi connectivity index (χ1n) is 10.2. The Balaban J connectivity index is 1.45. The maximum atomic E-state index is 11.7. The van der Waals surface area contributed by atoms with Crippen molar-refractivity contribution >= 4 is 28.2 Å². The highest BCUT2D eigenvalue weighted by Gasteiger charge is 2.35. The molecule has 162 valence electrons. The molecule has 7 heteroatoms. The van der Waals surface area contributed by atoms with E-state index >= 15 is 0 Å². The van der Waals surface area contributed by atoms with Crippen LogP contribution in [0.1, 0.15) is 41.2 Å². The molecule has 1 amide bonds. The van der Waals surface area contributed by atoms with Crippen LogP contribution in [0.25, 0.3) is 6.08 Å². The number of hydrogen-bond donors (Lipinski definition) is 2. The average molecular weight is 440 g/mol. The van der Waals surface area contributed by atoms with Crippen molar-refractivity contribution in [3.8, 4) is 17.2 Å². The lowest BCUT2D eigenvalue weighted by atomic mass is 9.87. The van der Waals surface area contributed by atoms with Gasteiger partial charge in [-0.15, -0.1) is 0 Å². The third-order valence-electron chi connectivity index (χ3n) is 5.97. The van der Waals surface area contributed by atoms with Crippen LogP contribution >= 0.6 is 11.8 Å². The smallest absolute Gasteiger partial charge is 0.291 e. The molecule has 0 bridgehead atoms. The average Bonchev–Trinajstić information content (AvgIpc) is 3.06. The number of phenols is 1. The zero-order chi connectivity index (χ0) is 22.3. The largest absolute Gasteiger partial charge is 0.507 e. The van der Waals surface area contributed by atoms with Crippen LogP contribution in [0.4, 0.5) is 4.79 Å². The van der Waals surface area contributed by atoms with Crippen molar-refractivity contribution < 1.29 is 24.2 Å². The fourth-order valence-electron chi connectivity index (χ4n) is 3.88. The van der Waals surface area contributed by atoms with Crippen LogP contribution in [0.3, 0.4) is 0 Å². The fourth-order valence-corrected chi connectivity index (χ4v) is 4.43. The highest BCUT2D eigenvalue weighted by molar-refractivity contribution is 8.27. The van der Waals surface area contributed by atoms with Crippen LogP contribution in [0, 0.1) is 20.8 Å². The van der Waals surface area contributed by atoms with E-state index in [0.717, 1.165) is 46.4 Å². The highest BCUT2D eigenvalue weighted by atomic mass is 32.2. The minimum absolute atomic E-state index is 0.276. The monoisotopic (exact) mass is 439 g/mol. The standard InChI is InChI=1S/C24H25NO5S/c1-13-14(2)21-18(15(3)20(13)26)9-10-24(4,30-21)12-29-17-7-5-16(6-8-17)11-19-22(27)31-23(28)25-19/h5-8,11,26H,9-10,12H2,1-4H3,(H,25,28). The molecule has 0 aliphatic carbocycles. The normalized spacial score (nSPS) is 21.6. The number of phenolic OH excluding ortho intramolecular Hbond substituents is 1. The van der Waals surface area contributed by atoms with Crippen molar-refractivity contribution in [2.75, 3.05) is 6.61 Å². The molecule has 1 atom stereocenters. The maximum Gasteiger partial charge on any atom is 0.291 e. The summed E-state index contributed by atoms with van der Waals surface area (Å²) >= 11 is 0.663. The summed E-state index contributed by atoms with van der Waals surface area (Å²) < 4.78 is 12.4. The number of ether oxygens (including phenoxy) is 2. The SMILES string of the molecule is Cc1c(C)c2c(c(C)c1O)CCC(C)(COc1ccc(C=C3NC(=O)SC3=O)cc1)O2. The molecule has 2 aromatic rings. The summed E-state index contributed by atoms with van der Waals surface area (Å²) in [5.41, 5.74) is 4.38. The predicted molar refractivity (Wildman–Crippen MR) is 121 cm³/mol. The molecule has 2 aliphatic rings. The van der Waals surface area contributed by atoms with Gasteiger partial charge in [0.15, 0.2) is 0 Å². The second-order valence-corrected chi connectivity index (χ2v) is 9.25. The van der Waals surface area contributed by atoms with Crippen molar-refractivity contribution in [3.05, 3.63) is 57.8 Å². The van der Waals surface area contributed by atoms with E-state index < -0.39 is 5.60 Å². The number of amides is 1. The summed E-state index contributed by atoms with van der Waals surface area (Å²) in [5, 5.41) is 12.2. The van der Waals surface area contributed by atoms with E-state index in [1.165, 1.54) is 0 Å². The number of aromatic hydroxyl groups is 1. The topological polar surface area (TPSA) is 84.9 Å². The Hall–Kier alpha value is -2.93. The minimum Gasteiger partial charge on any atom is -0.507 e. The number of benzene rings is 2. The number of hydrogen-bond acceptors (Lipinski definition) is 6. The van der Waals surface area contributed by atoms with Gasteiger partial charge < -0.3 is 19.9 Å². The number of rotatable bonds is 4. The van der Waals surface area contributed by atoms with Crippen molar-refractivity contribution in [3.63, 3.8) is 0 Å². The lowest BCUT2D eigenvalue weighted by Crippen LogP contribution is -2.42. The molecular formula is C24H25NO5S. The van der Waals surface area contributed by atoms with E-state index in [0.29, 0.717) is 29.9 Å². The molecule has 4 rings (SSSR count). The van der Waals surface area contributed by atoms with Gasteiger partial charge in [0.1, 0.15) is 29.5 Å². The number of thioether (sulfide) groups is 1. The number of fused-ring (bicyclic) bond motifs is 1. The van der Waals surface area contributed by atoms with Gasteiger partial charge in [0.2, 0.25) is 5.12 Å². The van der Waals surface area contributed by atoms with Crippen LogP contribution in [0.15, 0.2) is 30.0 Å². The highest BCUT2D eigenvalue weighted by Crippen LogP contribution is 2.43.